The lowest BCUT2D eigenvalue weighted by molar-refractivity contribution is -0.139. The predicted molar refractivity (Wildman–Crippen MR) is 145 cm³/mol. The van der Waals surface area contributed by atoms with Crippen molar-refractivity contribution in [2.24, 2.45) is 0 Å². The number of amides is 2. The van der Waals surface area contributed by atoms with Crippen molar-refractivity contribution in [2.75, 3.05) is 12.9 Å². The van der Waals surface area contributed by atoms with Crippen LogP contribution in [0.25, 0.3) is 0 Å². The molecule has 8 heteroatoms. The number of hydrogen-bond donors (Lipinski definition) is 1. The summed E-state index contributed by atoms with van der Waals surface area (Å²) in [5.41, 5.74) is 1.96. The minimum Gasteiger partial charge on any atom is -0.497 e. The molecule has 0 saturated heterocycles. The van der Waals surface area contributed by atoms with Crippen molar-refractivity contribution in [1.29, 1.82) is 0 Å². The van der Waals surface area contributed by atoms with E-state index in [0.29, 0.717) is 28.8 Å². The molecular weight excluding hydrogens is 503 g/mol. The van der Waals surface area contributed by atoms with Crippen LogP contribution in [0.3, 0.4) is 0 Å². The Morgan fingerprint density at radius 3 is 2.37 bits per heavy atom. The third-order valence-corrected chi connectivity index (χ3v) is 8.06. The van der Waals surface area contributed by atoms with Crippen molar-refractivity contribution in [3.05, 3.63) is 63.6 Å². The minimum absolute atomic E-state index is 0.0692. The van der Waals surface area contributed by atoms with Crippen molar-refractivity contribution >= 4 is 46.8 Å². The second-order valence-corrected chi connectivity index (χ2v) is 10.7. The van der Waals surface area contributed by atoms with Crippen LogP contribution in [0.2, 0.25) is 10.0 Å². The van der Waals surface area contributed by atoms with Crippen LogP contribution in [0.1, 0.15) is 56.6 Å². The van der Waals surface area contributed by atoms with E-state index in [1.807, 2.05) is 37.3 Å². The topological polar surface area (TPSA) is 58.6 Å². The molecule has 1 fully saturated rings. The average molecular weight is 538 g/mol. The molecule has 2 amide bonds. The molecule has 0 aliphatic heterocycles. The van der Waals surface area contributed by atoms with E-state index in [1.165, 1.54) is 18.2 Å². The van der Waals surface area contributed by atoms with E-state index in [4.69, 9.17) is 27.9 Å². The van der Waals surface area contributed by atoms with Gasteiger partial charge in [-0.25, -0.2) is 0 Å². The second-order valence-electron chi connectivity index (χ2n) is 8.88. The van der Waals surface area contributed by atoms with Gasteiger partial charge in [-0.05, 0) is 54.7 Å². The molecule has 1 atom stereocenters. The lowest BCUT2D eigenvalue weighted by Gasteiger charge is -2.33. The Hall–Kier alpha value is -1.89. The Balaban J connectivity index is 1.70. The summed E-state index contributed by atoms with van der Waals surface area (Å²) >= 11 is 13.9. The van der Waals surface area contributed by atoms with Crippen molar-refractivity contribution < 1.29 is 14.3 Å². The number of methoxy groups -OCH3 is 1. The first kappa shape index (κ1) is 27.7. The third kappa shape index (κ3) is 8.33. The Kier molecular flexibility index (Phi) is 11.1. The number of halogens is 2. The first-order chi connectivity index (χ1) is 16.9. The number of nitrogens with one attached hydrogen (secondary N) is 1. The molecule has 3 rings (SSSR count). The van der Waals surface area contributed by atoms with Gasteiger partial charge in [-0.15, -0.1) is 11.8 Å². The van der Waals surface area contributed by atoms with E-state index in [9.17, 15) is 9.59 Å². The number of hydrogen-bond acceptors (Lipinski definition) is 4. The minimum atomic E-state index is -0.541. The van der Waals surface area contributed by atoms with E-state index < -0.39 is 6.04 Å². The molecule has 0 aromatic heterocycles. The van der Waals surface area contributed by atoms with E-state index in [-0.39, 0.29) is 23.6 Å². The van der Waals surface area contributed by atoms with Crippen LogP contribution in [0.15, 0.2) is 42.5 Å². The van der Waals surface area contributed by atoms with Gasteiger partial charge in [0.25, 0.3) is 0 Å². The molecule has 2 aromatic carbocycles. The molecule has 190 valence electrons. The second kappa shape index (κ2) is 14.0. The van der Waals surface area contributed by atoms with Gasteiger partial charge in [-0.1, -0.05) is 67.6 Å². The van der Waals surface area contributed by atoms with Gasteiger partial charge in [0.05, 0.1) is 22.9 Å². The normalized spacial score (nSPS) is 14.9. The Labute approximate surface area is 222 Å². The van der Waals surface area contributed by atoms with Crippen LogP contribution in [0.4, 0.5) is 0 Å². The van der Waals surface area contributed by atoms with E-state index in [2.05, 4.69) is 5.32 Å². The lowest BCUT2D eigenvalue weighted by atomic mass is 9.95. The highest BCUT2D eigenvalue weighted by atomic mass is 35.5. The predicted octanol–water partition coefficient (Wildman–Crippen LogP) is 6.49. The largest absolute Gasteiger partial charge is 0.497 e. The van der Waals surface area contributed by atoms with E-state index >= 15 is 0 Å². The van der Waals surface area contributed by atoms with Crippen LogP contribution >= 0.6 is 35.0 Å². The SMILES string of the molecule is CC[C@H](C(=O)NC1CCCCC1)N(Cc1ccc(Cl)c(Cl)c1)C(=O)CSCc1ccc(OC)cc1. The van der Waals surface area contributed by atoms with Gasteiger partial charge in [0.15, 0.2) is 0 Å². The van der Waals surface area contributed by atoms with Crippen molar-refractivity contribution in [3.8, 4) is 5.75 Å². The van der Waals surface area contributed by atoms with Crippen molar-refractivity contribution in [1.82, 2.24) is 10.2 Å². The molecule has 35 heavy (non-hydrogen) atoms. The van der Waals surface area contributed by atoms with Gasteiger partial charge in [-0.3, -0.25) is 9.59 Å². The fraction of sp³-hybridized carbons (Fsp3) is 0.481. The van der Waals surface area contributed by atoms with Crippen molar-refractivity contribution in [3.63, 3.8) is 0 Å². The summed E-state index contributed by atoms with van der Waals surface area (Å²) in [7, 11) is 1.64. The number of benzene rings is 2. The first-order valence-corrected chi connectivity index (χ1v) is 14.1. The first-order valence-electron chi connectivity index (χ1n) is 12.2. The van der Waals surface area contributed by atoms with Crippen LogP contribution in [0.5, 0.6) is 5.75 Å². The Morgan fingerprint density at radius 1 is 1.06 bits per heavy atom. The Bertz CT molecular complexity index is 981. The number of rotatable bonds is 11. The van der Waals surface area contributed by atoms with Crippen LogP contribution in [0, 0.1) is 0 Å². The highest BCUT2D eigenvalue weighted by Gasteiger charge is 2.30. The molecule has 0 spiro atoms. The van der Waals surface area contributed by atoms with E-state index in [1.54, 1.807) is 24.1 Å². The van der Waals surface area contributed by atoms with Gasteiger partial charge in [0, 0.05) is 18.3 Å². The molecule has 1 aliphatic rings. The molecular formula is C27H34Cl2N2O3S. The molecule has 2 aromatic rings. The quantitative estimate of drug-likeness (QED) is 0.356. The van der Waals surface area contributed by atoms with Gasteiger partial charge < -0.3 is 15.0 Å². The summed E-state index contributed by atoms with van der Waals surface area (Å²) in [6.07, 6.45) is 6.03. The lowest BCUT2D eigenvalue weighted by Crippen LogP contribution is -2.52. The van der Waals surface area contributed by atoms with Gasteiger partial charge in [-0.2, -0.15) is 0 Å². The summed E-state index contributed by atoms with van der Waals surface area (Å²) in [5.74, 6) is 1.63. The van der Waals surface area contributed by atoms with Gasteiger partial charge >= 0.3 is 0 Å². The summed E-state index contributed by atoms with van der Waals surface area (Å²) in [6, 6.07) is 12.8. The van der Waals surface area contributed by atoms with Crippen LogP contribution < -0.4 is 10.1 Å². The molecule has 1 saturated carbocycles. The number of carbonyl (C=O) groups excluding carboxylic acids is 2. The van der Waals surface area contributed by atoms with Crippen LogP contribution in [-0.2, 0) is 21.9 Å². The monoisotopic (exact) mass is 536 g/mol. The zero-order chi connectivity index (χ0) is 25.2. The van der Waals surface area contributed by atoms with Crippen molar-refractivity contribution in [2.45, 2.75) is 69.8 Å². The zero-order valence-electron chi connectivity index (χ0n) is 20.4. The Morgan fingerprint density at radius 2 is 1.74 bits per heavy atom. The molecule has 1 N–H and O–H groups in total. The highest BCUT2D eigenvalue weighted by molar-refractivity contribution is 7.99. The maximum atomic E-state index is 13.4. The summed E-state index contributed by atoms with van der Waals surface area (Å²) in [6.45, 7) is 2.25. The number of thioether (sulfide) groups is 1. The van der Waals surface area contributed by atoms with Crippen LogP contribution in [-0.4, -0.2) is 41.7 Å². The summed E-state index contributed by atoms with van der Waals surface area (Å²) < 4.78 is 5.21. The van der Waals surface area contributed by atoms with E-state index in [0.717, 1.165) is 42.6 Å². The zero-order valence-corrected chi connectivity index (χ0v) is 22.7. The summed E-state index contributed by atoms with van der Waals surface area (Å²) in [5, 5.41) is 4.10. The molecule has 0 bridgehead atoms. The average Bonchev–Trinajstić information content (AvgIpc) is 2.87. The van der Waals surface area contributed by atoms with Gasteiger partial charge in [0.2, 0.25) is 11.8 Å². The molecule has 0 radical (unpaired) electrons. The molecule has 0 unspecified atom stereocenters. The summed E-state index contributed by atoms with van der Waals surface area (Å²) in [4.78, 5) is 28.4. The number of nitrogens with zero attached hydrogens (tertiary/aromatic N) is 1. The standard InChI is InChI=1S/C27H34Cl2N2O3S/c1-3-25(27(33)30-21-7-5-4-6-8-21)31(16-20-11-14-23(28)24(29)15-20)26(32)18-35-17-19-9-12-22(34-2)13-10-19/h9-15,21,25H,3-8,16-18H2,1-2H3,(H,30,33)/t25-/m1/s1. The third-order valence-electron chi connectivity index (χ3n) is 6.33. The number of carbonyl (C=O) groups is 2. The van der Waals surface area contributed by atoms with Gasteiger partial charge in [0.1, 0.15) is 11.8 Å². The fourth-order valence-electron chi connectivity index (χ4n) is 4.36. The molecule has 0 heterocycles. The molecule has 5 nitrogen and oxygen atoms in total. The fourth-order valence-corrected chi connectivity index (χ4v) is 5.55. The number of ether oxygens (including phenoxy) is 1. The molecule has 1 aliphatic carbocycles. The highest BCUT2D eigenvalue weighted by Crippen LogP contribution is 2.25. The smallest absolute Gasteiger partial charge is 0.243 e. The maximum absolute atomic E-state index is 13.4. The maximum Gasteiger partial charge on any atom is 0.243 e.